The van der Waals surface area contributed by atoms with E-state index < -0.39 is 0 Å². The van der Waals surface area contributed by atoms with Crippen molar-refractivity contribution in [2.75, 3.05) is 39.7 Å². The van der Waals surface area contributed by atoms with Crippen molar-refractivity contribution in [3.8, 4) is 0 Å². The summed E-state index contributed by atoms with van der Waals surface area (Å²) >= 11 is 0. The maximum absolute atomic E-state index is 12.3. The van der Waals surface area contributed by atoms with Crippen LogP contribution in [0.15, 0.2) is 12.4 Å². The minimum absolute atomic E-state index is 0.102. The summed E-state index contributed by atoms with van der Waals surface area (Å²) in [5.41, 5.74) is 0.318. The Kier molecular flexibility index (Phi) is 4.28. The average Bonchev–Trinajstić information content (AvgIpc) is 2.89. The summed E-state index contributed by atoms with van der Waals surface area (Å²) in [7, 11) is 4.97. The van der Waals surface area contributed by atoms with E-state index in [0.29, 0.717) is 24.6 Å². The van der Waals surface area contributed by atoms with Crippen molar-refractivity contribution in [2.45, 2.75) is 12.2 Å². The van der Waals surface area contributed by atoms with Crippen LogP contribution in [0.5, 0.6) is 0 Å². The number of amides is 1. The Morgan fingerprint density at radius 3 is 2.47 bits per heavy atom. The third-order valence-electron chi connectivity index (χ3n) is 3.22. The van der Waals surface area contributed by atoms with Gasteiger partial charge in [0, 0.05) is 34.4 Å². The molecule has 7 nitrogen and oxygen atoms in total. The molecular formula is C12H18N4O3. The van der Waals surface area contributed by atoms with Crippen LogP contribution >= 0.6 is 0 Å². The van der Waals surface area contributed by atoms with E-state index in [9.17, 15) is 4.79 Å². The Balaban J connectivity index is 2.12. The lowest BCUT2D eigenvalue weighted by Gasteiger charge is -2.15. The van der Waals surface area contributed by atoms with Crippen LogP contribution in [0.1, 0.15) is 10.5 Å². The lowest BCUT2D eigenvalue weighted by Crippen LogP contribution is -2.31. The highest BCUT2D eigenvalue weighted by Crippen LogP contribution is 2.17. The summed E-state index contributed by atoms with van der Waals surface area (Å²) in [4.78, 5) is 22.2. The zero-order valence-corrected chi connectivity index (χ0v) is 11.3. The van der Waals surface area contributed by atoms with Crippen molar-refractivity contribution in [2.24, 2.45) is 0 Å². The van der Waals surface area contributed by atoms with E-state index in [4.69, 9.17) is 9.47 Å². The summed E-state index contributed by atoms with van der Waals surface area (Å²) in [6.45, 7) is 0.999. The molecule has 1 amide bonds. The van der Waals surface area contributed by atoms with Gasteiger partial charge in [0.15, 0.2) is 0 Å². The molecule has 1 fully saturated rings. The Hall–Kier alpha value is -1.73. The van der Waals surface area contributed by atoms with Crippen LogP contribution in [0.3, 0.4) is 0 Å². The topological polar surface area (TPSA) is 76.6 Å². The van der Waals surface area contributed by atoms with E-state index in [1.807, 2.05) is 0 Å². The molecule has 2 atom stereocenters. The van der Waals surface area contributed by atoms with E-state index in [1.165, 1.54) is 6.20 Å². The van der Waals surface area contributed by atoms with Crippen molar-refractivity contribution in [1.29, 1.82) is 0 Å². The Morgan fingerprint density at radius 2 is 1.95 bits per heavy atom. The number of likely N-dealkylation sites (tertiary alicyclic amines) is 1. The van der Waals surface area contributed by atoms with E-state index in [-0.39, 0.29) is 18.1 Å². The van der Waals surface area contributed by atoms with Gasteiger partial charge in [-0.1, -0.05) is 0 Å². The van der Waals surface area contributed by atoms with E-state index >= 15 is 0 Å². The van der Waals surface area contributed by atoms with Crippen LogP contribution < -0.4 is 5.32 Å². The third kappa shape index (κ3) is 2.82. The first-order chi connectivity index (χ1) is 9.19. The molecule has 0 saturated carbocycles. The molecule has 0 spiro atoms. The Morgan fingerprint density at radius 1 is 1.32 bits per heavy atom. The second kappa shape index (κ2) is 5.94. The molecule has 1 aromatic heterocycles. The number of aromatic nitrogens is 2. The van der Waals surface area contributed by atoms with Gasteiger partial charge in [0.05, 0.1) is 12.4 Å². The second-order valence-corrected chi connectivity index (χ2v) is 4.30. The fourth-order valence-corrected chi connectivity index (χ4v) is 2.11. The predicted molar refractivity (Wildman–Crippen MR) is 69.1 cm³/mol. The van der Waals surface area contributed by atoms with Gasteiger partial charge in [0.2, 0.25) is 0 Å². The highest BCUT2D eigenvalue weighted by atomic mass is 16.5. The lowest BCUT2D eigenvalue weighted by molar-refractivity contribution is -0.00461. The summed E-state index contributed by atoms with van der Waals surface area (Å²) in [6.07, 6.45) is 2.82. The van der Waals surface area contributed by atoms with Crippen molar-refractivity contribution in [3.05, 3.63) is 18.1 Å². The molecule has 1 aliphatic rings. The van der Waals surface area contributed by atoms with Crippen LogP contribution in [0.4, 0.5) is 5.82 Å². The number of nitrogens with one attached hydrogen (secondary N) is 1. The largest absolute Gasteiger partial charge is 0.377 e. The highest BCUT2D eigenvalue weighted by molar-refractivity contribution is 5.92. The molecule has 1 saturated heterocycles. The van der Waals surface area contributed by atoms with Gasteiger partial charge in [-0.15, -0.1) is 0 Å². The average molecular weight is 266 g/mol. The molecule has 0 aliphatic carbocycles. The van der Waals surface area contributed by atoms with Crippen molar-refractivity contribution >= 4 is 11.7 Å². The van der Waals surface area contributed by atoms with Gasteiger partial charge in [-0.25, -0.2) is 4.98 Å². The fourth-order valence-electron chi connectivity index (χ4n) is 2.11. The van der Waals surface area contributed by atoms with E-state index in [2.05, 4.69) is 15.3 Å². The molecule has 0 aromatic carbocycles. The zero-order valence-electron chi connectivity index (χ0n) is 11.3. The number of rotatable bonds is 4. The van der Waals surface area contributed by atoms with Gasteiger partial charge < -0.3 is 19.7 Å². The van der Waals surface area contributed by atoms with E-state index in [0.717, 1.165) is 0 Å². The molecular weight excluding hydrogens is 248 g/mol. The second-order valence-electron chi connectivity index (χ2n) is 4.30. The first-order valence-corrected chi connectivity index (χ1v) is 6.04. The molecule has 1 aromatic rings. The van der Waals surface area contributed by atoms with Gasteiger partial charge in [0.25, 0.3) is 5.91 Å². The van der Waals surface area contributed by atoms with Gasteiger partial charge in [-0.3, -0.25) is 9.78 Å². The normalized spacial score (nSPS) is 22.6. The van der Waals surface area contributed by atoms with E-state index in [1.54, 1.807) is 32.4 Å². The molecule has 19 heavy (non-hydrogen) atoms. The third-order valence-corrected chi connectivity index (χ3v) is 3.22. The predicted octanol–water partition coefficient (Wildman–Crippen LogP) is 0.00410. The first-order valence-electron chi connectivity index (χ1n) is 6.04. The molecule has 1 aliphatic heterocycles. The number of methoxy groups -OCH3 is 2. The molecule has 2 heterocycles. The number of carbonyl (C=O) groups excluding carboxylic acids is 1. The molecule has 1 N–H and O–H groups in total. The minimum atomic E-state index is -0.161. The number of anilines is 1. The Bertz CT molecular complexity index is 442. The van der Waals surface area contributed by atoms with Gasteiger partial charge in [0.1, 0.15) is 23.7 Å². The number of ether oxygens (including phenoxy) is 2. The molecule has 0 radical (unpaired) electrons. The van der Waals surface area contributed by atoms with Crippen LogP contribution in [-0.4, -0.2) is 67.3 Å². The SMILES string of the molecule is CNc1cncc(C(=O)N2CC(OC)C(OC)C2)n1. The van der Waals surface area contributed by atoms with Gasteiger partial charge in [-0.05, 0) is 0 Å². The summed E-state index contributed by atoms with van der Waals surface area (Å²) in [6, 6.07) is 0. The summed E-state index contributed by atoms with van der Waals surface area (Å²) in [5.74, 6) is 0.405. The summed E-state index contributed by atoms with van der Waals surface area (Å²) in [5, 5.41) is 2.86. The first kappa shape index (κ1) is 13.7. The lowest BCUT2D eigenvalue weighted by atomic mass is 10.3. The molecule has 104 valence electrons. The maximum atomic E-state index is 12.3. The minimum Gasteiger partial charge on any atom is -0.377 e. The number of nitrogens with zero attached hydrogens (tertiary/aromatic N) is 3. The van der Waals surface area contributed by atoms with Crippen molar-refractivity contribution < 1.29 is 14.3 Å². The van der Waals surface area contributed by atoms with Crippen molar-refractivity contribution in [1.82, 2.24) is 14.9 Å². The monoisotopic (exact) mass is 266 g/mol. The van der Waals surface area contributed by atoms with Crippen LogP contribution in [-0.2, 0) is 9.47 Å². The quantitative estimate of drug-likeness (QED) is 0.827. The smallest absolute Gasteiger partial charge is 0.274 e. The summed E-state index contributed by atoms with van der Waals surface area (Å²) < 4.78 is 10.6. The van der Waals surface area contributed by atoms with Gasteiger partial charge in [-0.2, -0.15) is 0 Å². The van der Waals surface area contributed by atoms with Gasteiger partial charge >= 0.3 is 0 Å². The van der Waals surface area contributed by atoms with Crippen LogP contribution in [0, 0.1) is 0 Å². The molecule has 2 rings (SSSR count). The standard InChI is InChI=1S/C12H18N4O3/c1-13-11-5-14-4-8(15-11)12(17)16-6-9(18-2)10(7-16)19-3/h4-5,9-10H,6-7H2,1-3H3,(H,13,15). The molecule has 2 unspecified atom stereocenters. The maximum Gasteiger partial charge on any atom is 0.274 e. The number of hydrogen-bond donors (Lipinski definition) is 1. The van der Waals surface area contributed by atoms with Crippen molar-refractivity contribution in [3.63, 3.8) is 0 Å². The van der Waals surface area contributed by atoms with Crippen LogP contribution in [0.2, 0.25) is 0 Å². The molecule has 7 heteroatoms. The number of carbonyl (C=O) groups is 1. The molecule has 0 bridgehead atoms. The fraction of sp³-hybridized carbons (Fsp3) is 0.583. The highest BCUT2D eigenvalue weighted by Gasteiger charge is 2.36. The Labute approximate surface area is 111 Å². The van der Waals surface area contributed by atoms with Crippen LogP contribution in [0.25, 0.3) is 0 Å². The zero-order chi connectivity index (χ0) is 13.8. The number of hydrogen-bond acceptors (Lipinski definition) is 6.